The van der Waals surface area contributed by atoms with Crippen LogP contribution in [0.15, 0.2) is 33.5 Å². The van der Waals surface area contributed by atoms with Crippen molar-refractivity contribution in [1.29, 1.82) is 0 Å². The summed E-state index contributed by atoms with van der Waals surface area (Å²) in [6.07, 6.45) is 3.10. The van der Waals surface area contributed by atoms with Crippen LogP contribution < -0.4 is 5.56 Å². The Bertz CT molecular complexity index is 660. The molecule has 2 N–H and O–H groups in total. The largest absolute Gasteiger partial charge is 0.493 e. The van der Waals surface area contributed by atoms with Gasteiger partial charge in [0, 0.05) is 10.9 Å². The number of hydrogen-bond acceptors (Lipinski definition) is 3. The summed E-state index contributed by atoms with van der Waals surface area (Å²) in [5, 5.41) is 9.99. The van der Waals surface area contributed by atoms with E-state index in [0.29, 0.717) is 17.3 Å². The van der Waals surface area contributed by atoms with Crippen LogP contribution in [0.3, 0.4) is 0 Å². The second-order valence-electron chi connectivity index (χ2n) is 4.87. The first-order chi connectivity index (χ1) is 9.13. The molecule has 0 aliphatic heterocycles. The molecule has 0 bridgehead atoms. The second-order valence-corrected chi connectivity index (χ2v) is 5.78. The minimum absolute atomic E-state index is 0.193. The van der Waals surface area contributed by atoms with Crippen LogP contribution in [0, 0.1) is 5.92 Å². The van der Waals surface area contributed by atoms with E-state index in [-0.39, 0.29) is 17.0 Å². The number of nitrogens with one attached hydrogen (secondary N) is 1. The van der Waals surface area contributed by atoms with E-state index in [9.17, 15) is 9.90 Å². The highest BCUT2D eigenvalue weighted by atomic mass is 79.9. The van der Waals surface area contributed by atoms with E-state index in [4.69, 9.17) is 0 Å². The lowest BCUT2D eigenvalue weighted by atomic mass is 10.1. The molecule has 1 saturated carbocycles. The maximum atomic E-state index is 12.1. The number of aromatic nitrogens is 2. The van der Waals surface area contributed by atoms with Gasteiger partial charge >= 0.3 is 0 Å². The summed E-state index contributed by atoms with van der Waals surface area (Å²) in [4.78, 5) is 18.9. The van der Waals surface area contributed by atoms with Crippen LogP contribution in [0.5, 0.6) is 5.88 Å². The number of aromatic hydroxyl groups is 1. The average Bonchev–Trinajstić information content (AvgIpc) is 3.14. The Balaban J connectivity index is 2.01. The number of halogens is 1. The molecule has 1 aliphatic rings. The zero-order valence-electron chi connectivity index (χ0n) is 10.2. The molecule has 1 fully saturated rings. The van der Waals surface area contributed by atoms with Gasteiger partial charge in [0.25, 0.3) is 5.56 Å². The fraction of sp³-hybridized carbons (Fsp3) is 0.286. The van der Waals surface area contributed by atoms with E-state index in [0.717, 1.165) is 10.9 Å². The monoisotopic (exact) mass is 320 g/mol. The third-order valence-electron chi connectivity index (χ3n) is 3.26. The molecule has 0 radical (unpaired) electrons. The number of rotatable bonds is 3. The molecule has 2 aromatic rings. The van der Waals surface area contributed by atoms with Crippen molar-refractivity contribution in [2.24, 2.45) is 5.92 Å². The fourth-order valence-corrected chi connectivity index (χ4v) is 2.34. The van der Waals surface area contributed by atoms with Crippen LogP contribution in [0.4, 0.5) is 0 Å². The zero-order valence-corrected chi connectivity index (χ0v) is 11.8. The van der Waals surface area contributed by atoms with E-state index in [2.05, 4.69) is 25.9 Å². The molecule has 0 atom stereocenters. The molecule has 1 aromatic heterocycles. The van der Waals surface area contributed by atoms with Gasteiger partial charge in [-0.15, -0.1) is 0 Å². The number of H-pyrrole nitrogens is 1. The van der Waals surface area contributed by atoms with Gasteiger partial charge < -0.3 is 10.1 Å². The molecule has 0 amide bonds. The van der Waals surface area contributed by atoms with E-state index in [1.165, 1.54) is 12.8 Å². The molecule has 1 heterocycles. The molecule has 98 valence electrons. The van der Waals surface area contributed by atoms with Crippen molar-refractivity contribution < 1.29 is 5.11 Å². The Hall–Kier alpha value is -1.62. The van der Waals surface area contributed by atoms with Crippen molar-refractivity contribution >= 4 is 15.9 Å². The molecule has 1 aliphatic carbocycles. The maximum absolute atomic E-state index is 12.1. The molecule has 0 unspecified atom stereocenters. The summed E-state index contributed by atoms with van der Waals surface area (Å²) < 4.78 is 0.922. The number of nitrogens with zero attached hydrogens (tertiary/aromatic N) is 1. The Morgan fingerprint density at radius 3 is 2.58 bits per heavy atom. The summed E-state index contributed by atoms with van der Waals surface area (Å²) in [7, 11) is 0. The molecule has 19 heavy (non-hydrogen) atoms. The normalized spacial score (nSPS) is 14.6. The topological polar surface area (TPSA) is 66.0 Å². The Labute approximate surface area is 118 Å². The maximum Gasteiger partial charge on any atom is 0.262 e. The van der Waals surface area contributed by atoms with Crippen molar-refractivity contribution in [1.82, 2.24) is 9.97 Å². The lowest BCUT2D eigenvalue weighted by molar-refractivity contribution is 0.449. The van der Waals surface area contributed by atoms with Crippen LogP contribution in [0.1, 0.15) is 18.7 Å². The highest BCUT2D eigenvalue weighted by Crippen LogP contribution is 2.32. The van der Waals surface area contributed by atoms with Crippen molar-refractivity contribution in [2.75, 3.05) is 0 Å². The van der Waals surface area contributed by atoms with Crippen molar-refractivity contribution in [2.45, 2.75) is 19.3 Å². The van der Waals surface area contributed by atoms with Gasteiger partial charge in [-0.3, -0.25) is 4.79 Å². The van der Waals surface area contributed by atoms with Crippen LogP contribution in [0.25, 0.3) is 11.1 Å². The Morgan fingerprint density at radius 1 is 1.32 bits per heavy atom. The van der Waals surface area contributed by atoms with Crippen LogP contribution in [0.2, 0.25) is 0 Å². The highest BCUT2D eigenvalue weighted by molar-refractivity contribution is 9.10. The number of benzene rings is 1. The van der Waals surface area contributed by atoms with Crippen molar-refractivity contribution in [3.8, 4) is 17.0 Å². The first-order valence-corrected chi connectivity index (χ1v) is 7.01. The van der Waals surface area contributed by atoms with Gasteiger partial charge in [0.1, 0.15) is 11.4 Å². The predicted octanol–water partition coefficient (Wildman–Crippen LogP) is 2.86. The van der Waals surface area contributed by atoms with Crippen molar-refractivity contribution in [3.05, 3.63) is 44.9 Å². The fourth-order valence-electron chi connectivity index (χ4n) is 2.08. The first kappa shape index (κ1) is 12.4. The molecule has 3 rings (SSSR count). The van der Waals surface area contributed by atoms with Gasteiger partial charge in [-0.25, -0.2) is 0 Å². The SMILES string of the molecule is O=c1[nH]c(CC2CC2)nc(O)c1-c1ccc(Br)cc1. The minimum Gasteiger partial charge on any atom is -0.493 e. The zero-order chi connectivity index (χ0) is 13.4. The summed E-state index contributed by atoms with van der Waals surface area (Å²) in [6, 6.07) is 7.20. The molecule has 1 aromatic carbocycles. The third kappa shape index (κ3) is 2.71. The quantitative estimate of drug-likeness (QED) is 0.913. The summed E-state index contributed by atoms with van der Waals surface area (Å²) in [5.74, 6) is 0.994. The second kappa shape index (κ2) is 4.81. The average molecular weight is 321 g/mol. The standard InChI is InChI=1S/C14H13BrN2O2/c15-10-5-3-9(4-6-10)12-13(18)16-11(17-14(12)19)7-8-1-2-8/h3-6,8H,1-2,7H2,(H2,16,17,18,19). The highest BCUT2D eigenvalue weighted by Gasteiger charge is 2.23. The molecule has 4 nitrogen and oxygen atoms in total. The van der Waals surface area contributed by atoms with Crippen LogP contribution >= 0.6 is 15.9 Å². The van der Waals surface area contributed by atoms with Gasteiger partial charge in [-0.05, 0) is 36.5 Å². The predicted molar refractivity (Wildman–Crippen MR) is 76.1 cm³/mol. The number of aromatic amines is 1. The van der Waals surface area contributed by atoms with Gasteiger partial charge in [0.2, 0.25) is 5.88 Å². The third-order valence-corrected chi connectivity index (χ3v) is 3.79. The van der Waals surface area contributed by atoms with Gasteiger partial charge in [0.15, 0.2) is 0 Å². The lowest BCUT2D eigenvalue weighted by Gasteiger charge is -2.06. The summed E-state index contributed by atoms with van der Waals surface area (Å²) in [6.45, 7) is 0. The van der Waals surface area contributed by atoms with Gasteiger partial charge in [0.05, 0.1) is 0 Å². The lowest BCUT2D eigenvalue weighted by Crippen LogP contribution is -2.14. The van der Waals surface area contributed by atoms with Crippen LogP contribution in [-0.4, -0.2) is 15.1 Å². The molecule has 0 saturated heterocycles. The molecular formula is C14H13BrN2O2. The van der Waals surface area contributed by atoms with E-state index < -0.39 is 0 Å². The van der Waals surface area contributed by atoms with E-state index in [1.54, 1.807) is 12.1 Å². The van der Waals surface area contributed by atoms with Crippen LogP contribution in [-0.2, 0) is 6.42 Å². The smallest absolute Gasteiger partial charge is 0.262 e. The van der Waals surface area contributed by atoms with E-state index >= 15 is 0 Å². The molecule has 0 spiro atoms. The Morgan fingerprint density at radius 2 is 2.00 bits per heavy atom. The summed E-state index contributed by atoms with van der Waals surface area (Å²) in [5.41, 5.74) is 0.602. The molecule has 5 heteroatoms. The van der Waals surface area contributed by atoms with Gasteiger partial charge in [-0.1, -0.05) is 28.1 Å². The first-order valence-electron chi connectivity index (χ1n) is 6.21. The Kier molecular flexibility index (Phi) is 3.14. The number of hydrogen-bond donors (Lipinski definition) is 2. The van der Waals surface area contributed by atoms with Crippen molar-refractivity contribution in [3.63, 3.8) is 0 Å². The summed E-state index contributed by atoms with van der Waals surface area (Å²) >= 11 is 3.34. The molecular weight excluding hydrogens is 308 g/mol. The minimum atomic E-state index is -0.287. The van der Waals surface area contributed by atoms with E-state index in [1.807, 2.05) is 12.1 Å². The van der Waals surface area contributed by atoms with Gasteiger partial charge in [-0.2, -0.15) is 4.98 Å².